The Morgan fingerprint density at radius 2 is 1.48 bits per heavy atom. The zero-order valence-corrected chi connectivity index (χ0v) is 41.6. The summed E-state index contributed by atoms with van der Waals surface area (Å²) in [6, 6.07) is 25.8. The van der Waals surface area contributed by atoms with Gasteiger partial charge in [-0.3, -0.25) is 0 Å². The molecule has 0 bridgehead atoms. The third-order valence-electron chi connectivity index (χ3n) is 10.8. The van der Waals surface area contributed by atoms with Gasteiger partial charge in [-0.05, 0) is 123 Å². The van der Waals surface area contributed by atoms with Crippen molar-refractivity contribution < 1.29 is 9.36 Å². The minimum absolute atomic E-state index is 0.263. The van der Waals surface area contributed by atoms with Crippen molar-refractivity contribution in [1.29, 1.82) is 0 Å². The highest BCUT2D eigenvalue weighted by atomic mass is 31.2. The molecular weight excluding hydrogens is 786 g/mol. The standard InChI is InChI=1S/C36H42NOP.C11H16.C4H8.C4H6.C3H4.CH2O/c1-8-12-23-39(38,33(10-3)11-4)34-21-22-35-29(26-34)25-31(14-9-2)37(35)32-16-13-15-28(24-32)27-17-19-30(20-18-27)36(5,6)7;1-4-11(2,3)10-8-6-5-7-9-10;2*1-3-4-2;1-3-2;1-2/h8-19,21-22,24,26,30H,2-3,20,23,25H2,1,4-7H3;5-9H,4H2,1-3H3;3-4H,1-2H3;3-4H,1-2H2;1H,2H3;1H2/b12-8-,31-14+,33-11+;;4-3-;;;. The van der Waals surface area contributed by atoms with Crippen LogP contribution in [0, 0.1) is 23.7 Å². The van der Waals surface area contributed by atoms with Crippen LogP contribution >= 0.6 is 7.14 Å². The largest absolute Gasteiger partial charge is 0.314 e. The SMILES string of the molecule is C#CC.C/C=C\C.C=C/C=C1\Cc2cc(P(=O)(C/C=C\C)/C(C=C)=C/C)ccc2N1c1cccc(C2=CCC(C(C)(C)C)C=C2)c1.C=CC=C.C=O.CCC(C)(C)c1ccccc1. The predicted octanol–water partition coefficient (Wildman–Crippen LogP) is 16.9. The van der Waals surface area contributed by atoms with Crippen LogP contribution in [0.2, 0.25) is 0 Å². The van der Waals surface area contributed by atoms with Gasteiger partial charge in [-0.25, -0.2) is 0 Å². The van der Waals surface area contributed by atoms with E-state index >= 15 is 0 Å². The number of nitrogens with zero attached hydrogens (tertiary/aromatic N) is 1. The van der Waals surface area contributed by atoms with Crippen molar-refractivity contribution in [3.05, 3.63) is 206 Å². The first-order valence-corrected chi connectivity index (χ1v) is 23.7. The maximum Gasteiger partial charge on any atom is 0.146 e. The van der Waals surface area contributed by atoms with E-state index in [-0.39, 0.29) is 5.41 Å². The van der Waals surface area contributed by atoms with Crippen molar-refractivity contribution in [3.8, 4) is 12.3 Å². The van der Waals surface area contributed by atoms with Gasteiger partial charge in [-0.1, -0.05) is 183 Å². The lowest BCUT2D eigenvalue weighted by Crippen LogP contribution is -2.19. The molecule has 1 aliphatic heterocycles. The van der Waals surface area contributed by atoms with Crippen molar-refractivity contribution in [2.24, 2.45) is 11.3 Å². The summed E-state index contributed by atoms with van der Waals surface area (Å²) in [6.07, 6.45) is 34.0. The van der Waals surface area contributed by atoms with Gasteiger partial charge in [0.1, 0.15) is 13.9 Å². The average molecular weight is 864 g/mol. The van der Waals surface area contributed by atoms with E-state index in [4.69, 9.17) is 4.79 Å². The molecule has 0 spiro atoms. The molecule has 1 aliphatic carbocycles. The molecule has 2 aliphatic rings. The van der Waals surface area contributed by atoms with E-state index < -0.39 is 7.14 Å². The second-order valence-electron chi connectivity index (χ2n) is 16.4. The molecule has 2 atom stereocenters. The van der Waals surface area contributed by atoms with Crippen LogP contribution in [0.4, 0.5) is 11.4 Å². The number of rotatable bonds is 11. The summed E-state index contributed by atoms with van der Waals surface area (Å²) in [6.45, 7) is 39.9. The van der Waals surface area contributed by atoms with E-state index in [0.717, 1.165) is 40.5 Å². The lowest BCUT2D eigenvalue weighted by Gasteiger charge is -2.29. The van der Waals surface area contributed by atoms with Gasteiger partial charge in [0.2, 0.25) is 0 Å². The monoisotopic (exact) mass is 864 g/mol. The van der Waals surface area contributed by atoms with Gasteiger partial charge in [0, 0.05) is 40.3 Å². The third-order valence-corrected chi connectivity index (χ3v) is 13.9. The second-order valence-corrected chi connectivity index (χ2v) is 19.3. The highest BCUT2D eigenvalue weighted by molar-refractivity contribution is 7.75. The van der Waals surface area contributed by atoms with Gasteiger partial charge in [0.05, 0.1) is 0 Å². The normalized spacial score (nSPS) is 15.6. The number of anilines is 2. The van der Waals surface area contributed by atoms with Crippen molar-refractivity contribution in [2.75, 3.05) is 11.1 Å². The van der Waals surface area contributed by atoms with Crippen LogP contribution in [0.3, 0.4) is 0 Å². The van der Waals surface area contributed by atoms with E-state index in [2.05, 4.69) is 176 Å². The zero-order valence-electron chi connectivity index (χ0n) is 40.7. The first-order chi connectivity index (χ1) is 30.1. The van der Waals surface area contributed by atoms with Gasteiger partial charge in [0.25, 0.3) is 0 Å². The molecule has 2 unspecified atom stereocenters. The first kappa shape index (κ1) is 57.3. The Hall–Kier alpha value is -5.68. The van der Waals surface area contributed by atoms with Gasteiger partial charge in [0.15, 0.2) is 0 Å². The molecular formula is C59H78NO2P. The fourth-order valence-corrected chi connectivity index (χ4v) is 9.26. The predicted molar refractivity (Wildman–Crippen MR) is 285 cm³/mol. The fourth-order valence-electron chi connectivity index (χ4n) is 6.64. The molecule has 0 amide bonds. The molecule has 3 aromatic carbocycles. The molecule has 3 nitrogen and oxygen atoms in total. The van der Waals surface area contributed by atoms with Crippen LogP contribution in [0.5, 0.6) is 0 Å². The Balaban J connectivity index is 0.00000131. The van der Waals surface area contributed by atoms with Crippen LogP contribution in [0.15, 0.2) is 189 Å². The highest BCUT2D eigenvalue weighted by Gasteiger charge is 2.31. The maximum absolute atomic E-state index is 14.4. The summed E-state index contributed by atoms with van der Waals surface area (Å²) in [5, 5.41) is 1.69. The molecule has 0 N–H and O–H groups in total. The number of fused-ring (bicyclic) bond motifs is 1. The number of terminal acetylenes is 1. The van der Waals surface area contributed by atoms with Crippen LogP contribution in [0.1, 0.15) is 106 Å². The topological polar surface area (TPSA) is 37.4 Å². The van der Waals surface area contributed by atoms with Crippen molar-refractivity contribution in [3.63, 3.8) is 0 Å². The molecule has 336 valence electrons. The Labute approximate surface area is 385 Å². The molecule has 63 heavy (non-hydrogen) atoms. The number of allylic oxidation sites excluding steroid dienone is 16. The van der Waals surface area contributed by atoms with Crippen molar-refractivity contribution in [1.82, 2.24) is 0 Å². The quantitative estimate of drug-likeness (QED) is 0.0834. The summed E-state index contributed by atoms with van der Waals surface area (Å²) in [7, 11) is -2.82. The molecule has 5 rings (SSSR count). The Morgan fingerprint density at radius 1 is 0.857 bits per heavy atom. The van der Waals surface area contributed by atoms with Crippen molar-refractivity contribution in [2.45, 2.75) is 101 Å². The van der Waals surface area contributed by atoms with Crippen LogP contribution < -0.4 is 10.2 Å². The van der Waals surface area contributed by atoms with E-state index in [9.17, 15) is 4.57 Å². The number of carbonyl (C=O) groups excluding carboxylic acids is 1. The lowest BCUT2D eigenvalue weighted by molar-refractivity contribution is -0.0980. The Kier molecular flexibility index (Phi) is 27.6. The average Bonchev–Trinajstić information content (AvgIpc) is 3.67. The smallest absolute Gasteiger partial charge is 0.146 e. The highest BCUT2D eigenvalue weighted by Crippen LogP contribution is 2.54. The number of hydrogen-bond acceptors (Lipinski definition) is 3. The molecule has 0 radical (unpaired) electrons. The molecule has 1 heterocycles. The van der Waals surface area contributed by atoms with Gasteiger partial charge in [-0.15, -0.1) is 12.3 Å². The summed E-state index contributed by atoms with van der Waals surface area (Å²) >= 11 is 0. The maximum atomic E-state index is 14.4. The van der Waals surface area contributed by atoms with Gasteiger partial charge < -0.3 is 14.3 Å². The minimum atomic E-state index is -2.82. The van der Waals surface area contributed by atoms with E-state index in [1.54, 1.807) is 25.2 Å². The minimum Gasteiger partial charge on any atom is -0.314 e. The van der Waals surface area contributed by atoms with Gasteiger partial charge in [-0.2, -0.15) is 0 Å². The zero-order chi connectivity index (χ0) is 48.1. The Morgan fingerprint density at radius 3 is 1.94 bits per heavy atom. The molecule has 3 aromatic rings. The lowest BCUT2D eigenvalue weighted by atomic mass is 9.76. The van der Waals surface area contributed by atoms with Crippen LogP contribution in [-0.4, -0.2) is 13.0 Å². The van der Waals surface area contributed by atoms with E-state index in [1.165, 1.54) is 28.7 Å². The van der Waals surface area contributed by atoms with Crippen molar-refractivity contribution >= 4 is 36.2 Å². The molecule has 4 heteroatoms. The molecule has 0 saturated heterocycles. The summed E-state index contributed by atoms with van der Waals surface area (Å²) in [5.41, 5.74) is 9.11. The summed E-state index contributed by atoms with van der Waals surface area (Å²) in [5.74, 6) is 2.80. The summed E-state index contributed by atoms with van der Waals surface area (Å²) in [4.78, 5) is 10.3. The van der Waals surface area contributed by atoms with Gasteiger partial charge >= 0.3 is 0 Å². The van der Waals surface area contributed by atoms with Crippen LogP contribution in [-0.2, 0) is 21.2 Å². The second kappa shape index (κ2) is 30.4. The number of hydrogen-bond donors (Lipinski definition) is 0. The molecule has 0 saturated carbocycles. The number of carbonyl (C=O) groups is 1. The summed E-state index contributed by atoms with van der Waals surface area (Å²) < 4.78 is 14.4. The molecule has 0 aromatic heterocycles. The van der Waals surface area contributed by atoms with Crippen LogP contribution in [0.25, 0.3) is 5.57 Å². The van der Waals surface area contributed by atoms with E-state index in [0.29, 0.717) is 17.5 Å². The number of benzene rings is 3. The first-order valence-electron chi connectivity index (χ1n) is 21.8. The fraction of sp³-hybridized carbons (Fsp3) is 0.305. The van der Waals surface area contributed by atoms with E-state index in [1.807, 2.05) is 77.0 Å². The Bertz CT molecular complexity index is 2150. The third kappa shape index (κ3) is 17.9. The molecule has 0 fully saturated rings.